The molecular weight excluding hydrogens is 308 g/mol. The van der Waals surface area contributed by atoms with E-state index in [2.05, 4.69) is 72.2 Å². The first kappa shape index (κ1) is 15.7. The highest BCUT2D eigenvalue weighted by Crippen LogP contribution is 2.36. The van der Waals surface area contributed by atoms with Crippen LogP contribution in [-0.2, 0) is 6.54 Å². The SMILES string of the molecule is Cc1cccc(Cn2c3ccccc3c3c(OCCN)cccc32)c1. The first-order chi connectivity index (χ1) is 12.3. The van der Waals surface area contributed by atoms with Gasteiger partial charge in [-0.2, -0.15) is 0 Å². The predicted octanol–water partition coefficient (Wildman–Crippen LogP) is 4.49. The van der Waals surface area contributed by atoms with Gasteiger partial charge < -0.3 is 15.0 Å². The first-order valence-corrected chi connectivity index (χ1v) is 8.66. The molecule has 0 aliphatic heterocycles. The summed E-state index contributed by atoms with van der Waals surface area (Å²) in [5.74, 6) is 0.905. The lowest BCUT2D eigenvalue weighted by Crippen LogP contribution is -2.10. The third-order valence-corrected chi connectivity index (χ3v) is 4.56. The summed E-state index contributed by atoms with van der Waals surface area (Å²) in [6.07, 6.45) is 0. The van der Waals surface area contributed by atoms with Gasteiger partial charge in [-0.05, 0) is 30.7 Å². The maximum Gasteiger partial charge on any atom is 0.129 e. The van der Waals surface area contributed by atoms with Crippen molar-refractivity contribution < 1.29 is 4.74 Å². The number of aryl methyl sites for hydroxylation is 1. The molecule has 0 aliphatic carbocycles. The van der Waals surface area contributed by atoms with Gasteiger partial charge in [0.25, 0.3) is 0 Å². The topological polar surface area (TPSA) is 40.2 Å². The molecule has 1 aromatic heterocycles. The number of nitrogens with zero attached hydrogens (tertiary/aromatic N) is 1. The summed E-state index contributed by atoms with van der Waals surface area (Å²) < 4.78 is 8.29. The molecule has 0 saturated heterocycles. The molecule has 1 heterocycles. The molecule has 0 saturated carbocycles. The smallest absolute Gasteiger partial charge is 0.129 e. The van der Waals surface area contributed by atoms with E-state index in [1.807, 2.05) is 6.07 Å². The second-order valence-electron chi connectivity index (χ2n) is 6.38. The van der Waals surface area contributed by atoms with Crippen LogP contribution in [0, 0.1) is 6.92 Å². The predicted molar refractivity (Wildman–Crippen MR) is 104 cm³/mol. The van der Waals surface area contributed by atoms with Crippen LogP contribution in [-0.4, -0.2) is 17.7 Å². The Balaban J connectivity index is 1.93. The minimum atomic E-state index is 0.512. The van der Waals surface area contributed by atoms with Gasteiger partial charge in [0.15, 0.2) is 0 Å². The van der Waals surface area contributed by atoms with Crippen molar-refractivity contribution in [2.45, 2.75) is 13.5 Å². The average Bonchev–Trinajstić information content (AvgIpc) is 2.95. The zero-order valence-corrected chi connectivity index (χ0v) is 14.4. The number of aromatic nitrogens is 1. The molecule has 0 unspecified atom stereocenters. The van der Waals surface area contributed by atoms with Crippen molar-refractivity contribution in [3.8, 4) is 5.75 Å². The highest BCUT2D eigenvalue weighted by molar-refractivity contribution is 6.11. The second kappa shape index (κ2) is 6.61. The van der Waals surface area contributed by atoms with Crippen LogP contribution in [0.2, 0.25) is 0 Å². The Morgan fingerprint density at radius 3 is 2.56 bits per heavy atom. The van der Waals surface area contributed by atoms with Gasteiger partial charge in [0, 0.05) is 29.4 Å². The molecule has 4 aromatic rings. The molecule has 3 nitrogen and oxygen atoms in total. The van der Waals surface area contributed by atoms with Crippen LogP contribution < -0.4 is 10.5 Å². The van der Waals surface area contributed by atoms with Gasteiger partial charge in [0.2, 0.25) is 0 Å². The van der Waals surface area contributed by atoms with Crippen LogP contribution >= 0.6 is 0 Å². The van der Waals surface area contributed by atoms with Crippen molar-refractivity contribution in [1.82, 2.24) is 4.57 Å². The number of hydrogen-bond donors (Lipinski definition) is 1. The lowest BCUT2D eigenvalue weighted by atomic mass is 10.1. The van der Waals surface area contributed by atoms with Crippen LogP contribution in [0.1, 0.15) is 11.1 Å². The van der Waals surface area contributed by atoms with Gasteiger partial charge in [-0.25, -0.2) is 0 Å². The van der Waals surface area contributed by atoms with E-state index in [9.17, 15) is 0 Å². The number of ether oxygens (including phenoxy) is 1. The van der Waals surface area contributed by atoms with Crippen LogP contribution in [0.15, 0.2) is 66.7 Å². The Kier molecular flexibility index (Phi) is 4.16. The molecule has 0 bridgehead atoms. The van der Waals surface area contributed by atoms with Crippen LogP contribution in [0.25, 0.3) is 21.8 Å². The minimum Gasteiger partial charge on any atom is -0.492 e. The third-order valence-electron chi connectivity index (χ3n) is 4.56. The Morgan fingerprint density at radius 2 is 1.72 bits per heavy atom. The Morgan fingerprint density at radius 1 is 0.920 bits per heavy atom. The number of nitrogens with two attached hydrogens (primary N) is 1. The zero-order valence-electron chi connectivity index (χ0n) is 14.4. The van der Waals surface area contributed by atoms with Gasteiger partial charge in [0.1, 0.15) is 12.4 Å². The quantitative estimate of drug-likeness (QED) is 0.586. The van der Waals surface area contributed by atoms with Gasteiger partial charge in [-0.1, -0.05) is 54.1 Å². The van der Waals surface area contributed by atoms with E-state index < -0.39 is 0 Å². The van der Waals surface area contributed by atoms with Crippen molar-refractivity contribution >= 4 is 21.8 Å². The maximum absolute atomic E-state index is 5.92. The van der Waals surface area contributed by atoms with E-state index in [1.54, 1.807) is 0 Å². The Labute approximate surface area is 147 Å². The van der Waals surface area contributed by atoms with Gasteiger partial charge in [-0.15, -0.1) is 0 Å². The normalized spacial score (nSPS) is 11.3. The monoisotopic (exact) mass is 330 g/mol. The molecular formula is C22H22N2O. The fourth-order valence-electron chi connectivity index (χ4n) is 3.52. The van der Waals surface area contributed by atoms with Gasteiger partial charge >= 0.3 is 0 Å². The van der Waals surface area contributed by atoms with Crippen molar-refractivity contribution in [2.75, 3.05) is 13.2 Å². The van der Waals surface area contributed by atoms with Crippen LogP contribution in [0.5, 0.6) is 5.75 Å². The lowest BCUT2D eigenvalue weighted by Gasteiger charge is -2.10. The fourth-order valence-corrected chi connectivity index (χ4v) is 3.52. The molecule has 2 N–H and O–H groups in total. The standard InChI is InChI=1S/C22H22N2O/c1-16-6-4-7-17(14-16)15-24-19-9-3-2-8-18(19)22-20(24)10-5-11-21(22)25-13-12-23/h2-11,14H,12-13,15,23H2,1H3. The van der Waals surface area contributed by atoms with Crippen molar-refractivity contribution in [2.24, 2.45) is 5.73 Å². The number of rotatable bonds is 5. The van der Waals surface area contributed by atoms with Crippen molar-refractivity contribution in [3.05, 3.63) is 77.9 Å². The van der Waals surface area contributed by atoms with Crippen LogP contribution in [0.3, 0.4) is 0 Å². The molecule has 0 aliphatic rings. The minimum absolute atomic E-state index is 0.512. The average molecular weight is 330 g/mol. The molecule has 126 valence electrons. The molecule has 25 heavy (non-hydrogen) atoms. The summed E-state index contributed by atoms with van der Waals surface area (Å²) in [6, 6.07) is 23.5. The van der Waals surface area contributed by atoms with Gasteiger partial charge in [0.05, 0.1) is 5.52 Å². The van der Waals surface area contributed by atoms with E-state index in [-0.39, 0.29) is 0 Å². The zero-order chi connectivity index (χ0) is 17.2. The third kappa shape index (κ3) is 2.87. The highest BCUT2D eigenvalue weighted by atomic mass is 16.5. The molecule has 0 fully saturated rings. The number of fused-ring (bicyclic) bond motifs is 3. The van der Waals surface area contributed by atoms with Gasteiger partial charge in [-0.3, -0.25) is 0 Å². The van der Waals surface area contributed by atoms with Crippen LogP contribution in [0.4, 0.5) is 0 Å². The molecule has 0 atom stereocenters. The molecule has 0 radical (unpaired) electrons. The van der Waals surface area contributed by atoms with E-state index in [0.717, 1.165) is 12.3 Å². The second-order valence-corrected chi connectivity index (χ2v) is 6.38. The summed E-state index contributed by atoms with van der Waals surface area (Å²) in [5.41, 5.74) is 10.6. The van der Waals surface area contributed by atoms with Crippen molar-refractivity contribution in [1.29, 1.82) is 0 Å². The number of benzene rings is 3. The Hall–Kier alpha value is -2.78. The highest BCUT2D eigenvalue weighted by Gasteiger charge is 2.14. The summed E-state index contributed by atoms with van der Waals surface area (Å²) in [5, 5.41) is 2.39. The summed E-state index contributed by atoms with van der Waals surface area (Å²) in [7, 11) is 0. The number of hydrogen-bond acceptors (Lipinski definition) is 2. The van der Waals surface area contributed by atoms with Crippen molar-refractivity contribution in [3.63, 3.8) is 0 Å². The maximum atomic E-state index is 5.92. The largest absolute Gasteiger partial charge is 0.492 e. The van der Waals surface area contributed by atoms with E-state index >= 15 is 0 Å². The van der Waals surface area contributed by atoms with E-state index in [1.165, 1.54) is 32.9 Å². The fraction of sp³-hybridized carbons (Fsp3) is 0.182. The molecule has 0 amide bonds. The molecule has 3 aromatic carbocycles. The number of para-hydroxylation sites is 1. The molecule has 4 rings (SSSR count). The summed E-state index contributed by atoms with van der Waals surface area (Å²) in [6.45, 7) is 4.01. The first-order valence-electron chi connectivity index (χ1n) is 8.66. The van der Waals surface area contributed by atoms with E-state index in [0.29, 0.717) is 13.2 Å². The lowest BCUT2D eigenvalue weighted by molar-refractivity contribution is 0.332. The summed E-state index contributed by atoms with van der Waals surface area (Å²) >= 11 is 0. The molecule has 3 heteroatoms. The Bertz CT molecular complexity index is 1030. The molecule has 0 spiro atoms. The summed E-state index contributed by atoms with van der Waals surface area (Å²) in [4.78, 5) is 0. The van der Waals surface area contributed by atoms with E-state index in [4.69, 9.17) is 10.5 Å².